The fraction of sp³-hybridized carbons (Fsp3) is 0.500. The summed E-state index contributed by atoms with van der Waals surface area (Å²) in [6.07, 6.45) is 7.53. The number of hydrogen-bond donors (Lipinski definition) is 1. The Morgan fingerprint density at radius 3 is 3.00 bits per heavy atom. The predicted octanol–water partition coefficient (Wildman–Crippen LogP) is 3.08. The van der Waals surface area contributed by atoms with Crippen LogP contribution < -0.4 is 0 Å². The summed E-state index contributed by atoms with van der Waals surface area (Å²) in [6.45, 7) is 2.16. The van der Waals surface area contributed by atoms with Crippen LogP contribution in [0.5, 0.6) is 0 Å². The van der Waals surface area contributed by atoms with Gasteiger partial charge in [-0.15, -0.1) is 0 Å². The van der Waals surface area contributed by atoms with Crippen LogP contribution in [-0.2, 0) is 5.60 Å². The van der Waals surface area contributed by atoms with Crippen molar-refractivity contribution in [3.63, 3.8) is 0 Å². The van der Waals surface area contributed by atoms with Gasteiger partial charge in [0.25, 0.3) is 0 Å². The minimum atomic E-state index is -0.799. The Kier molecular flexibility index (Phi) is 2.77. The van der Waals surface area contributed by atoms with Crippen LogP contribution in [0.25, 0.3) is 0 Å². The Bertz CT molecular complexity index is 363. The number of hydrogen-bond acceptors (Lipinski definition) is 3. The van der Waals surface area contributed by atoms with Gasteiger partial charge in [-0.25, -0.2) is 0 Å². The Morgan fingerprint density at radius 2 is 2.50 bits per heavy atom. The van der Waals surface area contributed by atoms with E-state index in [1.54, 1.807) is 6.20 Å². The van der Waals surface area contributed by atoms with Gasteiger partial charge in [0.05, 0.1) is 15.5 Å². The molecular weight excluding hydrogens is 262 g/mol. The number of halogens is 1. The minimum Gasteiger partial charge on any atom is -0.380 e. The molecule has 0 saturated carbocycles. The van der Waals surface area contributed by atoms with E-state index in [0.717, 1.165) is 22.2 Å². The third-order valence-corrected chi connectivity index (χ3v) is 4.43. The number of aromatic nitrogens is 1. The van der Waals surface area contributed by atoms with Gasteiger partial charge in [0.15, 0.2) is 0 Å². The van der Waals surface area contributed by atoms with Crippen LogP contribution in [0.2, 0.25) is 0 Å². The summed E-state index contributed by atoms with van der Waals surface area (Å²) in [4.78, 5) is 0.917. The van der Waals surface area contributed by atoms with Crippen LogP contribution in [0, 0.1) is 5.92 Å². The lowest BCUT2D eigenvalue weighted by Crippen LogP contribution is -2.25. The standard InChI is InChI=1S/C10H12BrNOS/c1-7-2-4-10(13,5-3-7)9-8(11)6-12-14-9/h2,4,6-7,13H,3,5H2,1H3. The first kappa shape index (κ1) is 10.3. The summed E-state index contributed by atoms with van der Waals surface area (Å²) >= 11 is 4.76. The molecule has 0 spiro atoms. The minimum absolute atomic E-state index is 0.571. The van der Waals surface area contributed by atoms with E-state index in [-0.39, 0.29) is 0 Å². The molecule has 1 N–H and O–H groups in total. The summed E-state index contributed by atoms with van der Waals surface area (Å²) in [7, 11) is 0. The maximum Gasteiger partial charge on any atom is 0.120 e. The molecule has 1 aliphatic carbocycles. The first-order valence-corrected chi connectivity index (χ1v) is 6.21. The fourth-order valence-corrected chi connectivity index (χ4v) is 3.18. The van der Waals surface area contributed by atoms with Gasteiger partial charge in [0.1, 0.15) is 5.60 Å². The van der Waals surface area contributed by atoms with Crippen molar-refractivity contribution in [2.45, 2.75) is 25.4 Å². The smallest absolute Gasteiger partial charge is 0.120 e. The quantitative estimate of drug-likeness (QED) is 0.798. The molecule has 76 valence electrons. The van der Waals surface area contributed by atoms with Crippen LogP contribution in [0.15, 0.2) is 22.8 Å². The molecule has 0 saturated heterocycles. The zero-order valence-corrected chi connectivity index (χ0v) is 10.3. The SMILES string of the molecule is CC1C=CC(O)(c2sncc2Br)CC1. The lowest BCUT2D eigenvalue weighted by molar-refractivity contribution is 0.0704. The van der Waals surface area contributed by atoms with Crippen LogP contribution in [0.3, 0.4) is 0 Å². The summed E-state index contributed by atoms with van der Waals surface area (Å²) in [6, 6.07) is 0. The van der Waals surface area contributed by atoms with Gasteiger partial charge in [0, 0.05) is 0 Å². The Balaban J connectivity index is 2.34. The monoisotopic (exact) mass is 273 g/mol. The summed E-state index contributed by atoms with van der Waals surface area (Å²) < 4.78 is 4.97. The van der Waals surface area contributed by atoms with Gasteiger partial charge in [-0.1, -0.05) is 19.1 Å². The summed E-state index contributed by atoms with van der Waals surface area (Å²) in [5.41, 5.74) is -0.799. The van der Waals surface area contributed by atoms with E-state index in [2.05, 4.69) is 33.3 Å². The van der Waals surface area contributed by atoms with Crippen molar-refractivity contribution < 1.29 is 5.11 Å². The van der Waals surface area contributed by atoms with Gasteiger partial charge < -0.3 is 5.11 Å². The highest BCUT2D eigenvalue weighted by Gasteiger charge is 2.32. The molecule has 1 aromatic rings. The summed E-state index contributed by atoms with van der Waals surface area (Å²) in [5.74, 6) is 0.571. The third kappa shape index (κ3) is 1.78. The molecule has 4 heteroatoms. The van der Waals surface area contributed by atoms with E-state index in [0.29, 0.717) is 5.92 Å². The van der Waals surface area contributed by atoms with Crippen LogP contribution >= 0.6 is 27.5 Å². The highest BCUT2D eigenvalue weighted by molar-refractivity contribution is 9.10. The molecular formula is C10H12BrNOS. The largest absolute Gasteiger partial charge is 0.380 e. The van der Waals surface area contributed by atoms with Crippen molar-refractivity contribution in [1.29, 1.82) is 0 Å². The highest BCUT2D eigenvalue weighted by Crippen LogP contribution is 2.39. The first-order chi connectivity index (χ1) is 6.62. The zero-order chi connectivity index (χ0) is 10.2. The molecule has 1 aromatic heterocycles. The molecule has 0 bridgehead atoms. The van der Waals surface area contributed by atoms with E-state index in [1.807, 2.05) is 6.08 Å². The molecule has 2 nitrogen and oxygen atoms in total. The highest BCUT2D eigenvalue weighted by atomic mass is 79.9. The number of allylic oxidation sites excluding steroid dienone is 1. The second-order valence-corrected chi connectivity index (χ2v) is 5.46. The van der Waals surface area contributed by atoms with Gasteiger partial charge >= 0.3 is 0 Å². The molecule has 2 atom stereocenters. The molecule has 1 aliphatic rings. The lowest BCUT2D eigenvalue weighted by Gasteiger charge is -2.28. The van der Waals surface area contributed by atoms with Gasteiger partial charge in [-0.3, -0.25) is 0 Å². The van der Waals surface area contributed by atoms with E-state index in [1.165, 1.54) is 11.5 Å². The van der Waals surface area contributed by atoms with E-state index >= 15 is 0 Å². The number of aliphatic hydroxyl groups is 1. The molecule has 0 fully saturated rings. The first-order valence-electron chi connectivity index (χ1n) is 4.64. The predicted molar refractivity (Wildman–Crippen MR) is 61.2 cm³/mol. The topological polar surface area (TPSA) is 33.1 Å². The maximum atomic E-state index is 10.4. The molecule has 0 radical (unpaired) electrons. The second kappa shape index (κ2) is 3.76. The Morgan fingerprint density at radius 1 is 1.71 bits per heavy atom. The molecule has 0 aliphatic heterocycles. The average Bonchev–Trinajstić information content (AvgIpc) is 2.58. The van der Waals surface area contributed by atoms with Crippen molar-refractivity contribution in [3.8, 4) is 0 Å². The van der Waals surface area contributed by atoms with Crippen molar-refractivity contribution in [3.05, 3.63) is 27.7 Å². The Labute approximate surface area is 96.0 Å². The van der Waals surface area contributed by atoms with Gasteiger partial charge in [-0.2, -0.15) is 4.37 Å². The molecule has 2 unspecified atom stereocenters. The average molecular weight is 274 g/mol. The van der Waals surface area contributed by atoms with Crippen LogP contribution in [-0.4, -0.2) is 9.48 Å². The van der Waals surface area contributed by atoms with E-state index in [9.17, 15) is 5.11 Å². The third-order valence-electron chi connectivity index (χ3n) is 2.60. The van der Waals surface area contributed by atoms with Crippen molar-refractivity contribution in [2.75, 3.05) is 0 Å². The normalized spacial score (nSPS) is 32.1. The molecule has 1 heterocycles. The fourth-order valence-electron chi connectivity index (χ4n) is 1.65. The number of rotatable bonds is 1. The van der Waals surface area contributed by atoms with E-state index < -0.39 is 5.60 Å². The van der Waals surface area contributed by atoms with Gasteiger partial charge in [-0.05, 0) is 46.2 Å². The van der Waals surface area contributed by atoms with Crippen molar-refractivity contribution >= 4 is 27.5 Å². The second-order valence-electron chi connectivity index (χ2n) is 3.80. The Hall–Kier alpha value is -0.190. The van der Waals surface area contributed by atoms with Crippen molar-refractivity contribution in [1.82, 2.24) is 4.37 Å². The van der Waals surface area contributed by atoms with Crippen molar-refractivity contribution in [2.24, 2.45) is 5.92 Å². The van der Waals surface area contributed by atoms with Crippen LogP contribution in [0.4, 0.5) is 0 Å². The lowest BCUT2D eigenvalue weighted by atomic mass is 9.85. The zero-order valence-electron chi connectivity index (χ0n) is 7.90. The van der Waals surface area contributed by atoms with E-state index in [4.69, 9.17) is 0 Å². The maximum absolute atomic E-state index is 10.4. The molecule has 2 rings (SSSR count). The summed E-state index contributed by atoms with van der Waals surface area (Å²) in [5, 5.41) is 10.4. The molecule has 14 heavy (non-hydrogen) atoms. The molecule has 0 aromatic carbocycles. The molecule has 0 amide bonds. The van der Waals surface area contributed by atoms with Gasteiger partial charge in [0.2, 0.25) is 0 Å². The van der Waals surface area contributed by atoms with Crippen LogP contribution in [0.1, 0.15) is 24.6 Å². The number of nitrogens with zero attached hydrogens (tertiary/aromatic N) is 1.